The topological polar surface area (TPSA) is 76.0 Å². The fraction of sp³-hybridized carbons (Fsp3) is 0.267. The molecule has 0 fully saturated rings. The second-order valence-electron chi connectivity index (χ2n) is 9.44. The Labute approximate surface area is 225 Å². The largest absolute Gasteiger partial charge is 0.463 e. The van der Waals surface area contributed by atoms with Crippen LogP contribution in [-0.4, -0.2) is 29.5 Å². The smallest absolute Gasteiger partial charge is 0.311 e. The molecule has 0 aromatic heterocycles. The third kappa shape index (κ3) is 5.57. The number of benzene rings is 3. The highest BCUT2D eigenvalue weighted by Gasteiger charge is 2.58. The van der Waals surface area contributed by atoms with Crippen molar-refractivity contribution in [3.05, 3.63) is 101 Å². The van der Waals surface area contributed by atoms with Crippen LogP contribution >= 0.6 is 15.9 Å². The van der Waals surface area contributed by atoms with Crippen molar-refractivity contribution in [3.8, 4) is 0 Å². The zero-order valence-electron chi connectivity index (χ0n) is 21.1. The summed E-state index contributed by atoms with van der Waals surface area (Å²) in [5.41, 5.74) is 0.990. The summed E-state index contributed by atoms with van der Waals surface area (Å²) >= 11 is 3.39. The van der Waals surface area contributed by atoms with Gasteiger partial charge in [0.05, 0.1) is 23.4 Å². The first-order chi connectivity index (χ1) is 17.7. The summed E-state index contributed by atoms with van der Waals surface area (Å²) in [5.74, 6) is -2.26. The number of amides is 1. The maximum absolute atomic E-state index is 14.3. The third-order valence-electron chi connectivity index (χ3n) is 6.58. The van der Waals surface area contributed by atoms with Gasteiger partial charge in [-0.1, -0.05) is 76.6 Å². The number of halogens is 1. The molecule has 0 unspecified atom stereocenters. The molecule has 7 heteroatoms. The lowest BCUT2D eigenvalue weighted by Crippen LogP contribution is -2.51. The molecule has 2 atom stereocenters. The van der Waals surface area contributed by atoms with E-state index in [0.29, 0.717) is 17.0 Å². The van der Waals surface area contributed by atoms with Crippen molar-refractivity contribution in [1.82, 2.24) is 0 Å². The predicted molar refractivity (Wildman–Crippen MR) is 147 cm³/mol. The molecule has 6 nitrogen and oxygen atoms in total. The number of hydrazone groups is 1. The summed E-state index contributed by atoms with van der Waals surface area (Å²) in [6.07, 6.45) is -0.400. The average Bonchev–Trinajstić information content (AvgIpc) is 3.13. The van der Waals surface area contributed by atoms with E-state index in [1.165, 1.54) is 5.01 Å². The zero-order chi connectivity index (χ0) is 26.6. The standard InChI is InChI=1S/C30H29BrN2O4/c1-20(2)37-28(35)26(18-27(34)23-14-16-24(31)17-15-23)30(19-22-10-6-4-7-11-22)21(3)32-33(29(30)36)25-12-8-5-9-13-25/h4-17,20,26H,18-19H2,1-3H3/t26-,30+/m0/s1. The highest BCUT2D eigenvalue weighted by Crippen LogP contribution is 2.44. The second-order valence-corrected chi connectivity index (χ2v) is 10.4. The van der Waals surface area contributed by atoms with Gasteiger partial charge in [0.15, 0.2) is 5.78 Å². The monoisotopic (exact) mass is 560 g/mol. The van der Waals surface area contributed by atoms with Gasteiger partial charge in [0.1, 0.15) is 5.41 Å². The fourth-order valence-electron chi connectivity index (χ4n) is 4.73. The van der Waals surface area contributed by atoms with Crippen LogP contribution in [0, 0.1) is 11.3 Å². The molecule has 1 aliphatic heterocycles. The summed E-state index contributed by atoms with van der Waals surface area (Å²) in [7, 11) is 0. The maximum Gasteiger partial charge on any atom is 0.311 e. The number of anilines is 1. The first kappa shape index (κ1) is 26.5. The van der Waals surface area contributed by atoms with Crippen molar-refractivity contribution < 1.29 is 19.1 Å². The minimum Gasteiger partial charge on any atom is -0.463 e. The third-order valence-corrected chi connectivity index (χ3v) is 7.11. The molecule has 0 radical (unpaired) electrons. The molecule has 37 heavy (non-hydrogen) atoms. The van der Waals surface area contributed by atoms with Gasteiger partial charge in [-0.15, -0.1) is 0 Å². The van der Waals surface area contributed by atoms with Crippen LogP contribution in [-0.2, 0) is 20.7 Å². The van der Waals surface area contributed by atoms with E-state index in [0.717, 1.165) is 10.0 Å². The molecule has 0 saturated heterocycles. The molecule has 3 aromatic carbocycles. The van der Waals surface area contributed by atoms with Gasteiger partial charge in [-0.25, -0.2) is 0 Å². The fourth-order valence-corrected chi connectivity index (χ4v) is 4.99. The molecule has 1 amide bonds. The maximum atomic E-state index is 14.3. The van der Waals surface area contributed by atoms with Gasteiger partial charge in [-0.3, -0.25) is 14.4 Å². The van der Waals surface area contributed by atoms with Gasteiger partial charge in [-0.2, -0.15) is 10.1 Å². The van der Waals surface area contributed by atoms with Gasteiger partial charge >= 0.3 is 5.97 Å². The summed E-state index contributed by atoms with van der Waals surface area (Å²) < 4.78 is 6.50. The SMILES string of the molecule is CC1=NN(c2ccccc2)C(=O)[C@@]1(Cc1ccccc1)[C@@H](CC(=O)c1ccc(Br)cc1)C(=O)OC(C)C. The summed E-state index contributed by atoms with van der Waals surface area (Å²) in [4.78, 5) is 41.5. The molecular formula is C30H29BrN2O4. The molecular weight excluding hydrogens is 532 g/mol. The average molecular weight is 561 g/mol. The van der Waals surface area contributed by atoms with E-state index in [2.05, 4.69) is 21.0 Å². The summed E-state index contributed by atoms with van der Waals surface area (Å²) in [6, 6.07) is 25.5. The lowest BCUT2D eigenvalue weighted by molar-refractivity contribution is -0.158. The Morgan fingerprint density at radius 3 is 2.14 bits per heavy atom. The van der Waals surface area contributed by atoms with Crippen LogP contribution < -0.4 is 5.01 Å². The Morgan fingerprint density at radius 2 is 1.54 bits per heavy atom. The Kier molecular flexibility index (Phi) is 8.03. The molecule has 0 saturated carbocycles. The van der Waals surface area contributed by atoms with E-state index in [-0.39, 0.29) is 24.5 Å². The number of ketones is 1. The minimum atomic E-state index is -1.39. The molecule has 190 valence electrons. The van der Waals surface area contributed by atoms with Gasteiger partial charge in [0.2, 0.25) is 0 Å². The van der Waals surface area contributed by atoms with Crippen LogP contribution in [0.2, 0.25) is 0 Å². The molecule has 0 aliphatic carbocycles. The van der Waals surface area contributed by atoms with E-state index in [1.807, 2.05) is 48.5 Å². The molecule has 3 aromatic rings. The number of carbonyl (C=O) groups is 3. The Hall–Kier alpha value is -3.58. The van der Waals surface area contributed by atoms with Gasteiger partial charge in [-0.05, 0) is 57.0 Å². The number of nitrogens with zero attached hydrogens (tertiary/aromatic N) is 2. The van der Waals surface area contributed by atoms with Crippen LogP contribution in [0.4, 0.5) is 5.69 Å². The van der Waals surface area contributed by atoms with Crippen molar-refractivity contribution in [3.63, 3.8) is 0 Å². The second kappa shape index (κ2) is 11.2. The van der Waals surface area contributed by atoms with Crippen molar-refractivity contribution in [2.75, 3.05) is 5.01 Å². The highest BCUT2D eigenvalue weighted by molar-refractivity contribution is 9.10. The predicted octanol–water partition coefficient (Wildman–Crippen LogP) is 6.24. The Morgan fingerprint density at radius 1 is 0.946 bits per heavy atom. The number of esters is 1. The van der Waals surface area contributed by atoms with Crippen molar-refractivity contribution in [1.29, 1.82) is 0 Å². The quantitative estimate of drug-likeness (QED) is 0.229. The number of ether oxygens (including phenoxy) is 1. The Bertz CT molecular complexity index is 1310. The lowest BCUT2D eigenvalue weighted by Gasteiger charge is -2.35. The van der Waals surface area contributed by atoms with Crippen LogP contribution in [0.15, 0.2) is 94.5 Å². The molecule has 0 spiro atoms. The molecule has 0 bridgehead atoms. The minimum absolute atomic E-state index is 0.193. The summed E-state index contributed by atoms with van der Waals surface area (Å²) in [6.45, 7) is 5.26. The molecule has 0 N–H and O–H groups in total. The number of para-hydroxylation sites is 1. The van der Waals surface area contributed by atoms with Gasteiger partial charge < -0.3 is 4.74 Å². The molecule has 4 rings (SSSR count). The number of carbonyl (C=O) groups excluding carboxylic acids is 3. The van der Waals surface area contributed by atoms with Gasteiger partial charge in [0, 0.05) is 16.5 Å². The molecule has 1 heterocycles. The highest BCUT2D eigenvalue weighted by atomic mass is 79.9. The molecule has 1 aliphatic rings. The first-order valence-corrected chi connectivity index (χ1v) is 13.0. The van der Waals surface area contributed by atoms with Crippen LogP contribution in [0.3, 0.4) is 0 Å². The first-order valence-electron chi connectivity index (χ1n) is 12.2. The zero-order valence-corrected chi connectivity index (χ0v) is 22.6. The van der Waals surface area contributed by atoms with Crippen LogP contribution in [0.1, 0.15) is 43.1 Å². The van der Waals surface area contributed by atoms with E-state index in [9.17, 15) is 14.4 Å². The van der Waals surface area contributed by atoms with Crippen LogP contribution in [0.25, 0.3) is 0 Å². The van der Waals surface area contributed by atoms with Crippen molar-refractivity contribution in [2.24, 2.45) is 16.4 Å². The summed E-state index contributed by atoms with van der Waals surface area (Å²) in [5, 5.41) is 5.98. The lowest BCUT2D eigenvalue weighted by atomic mass is 9.66. The van der Waals surface area contributed by atoms with Crippen LogP contribution in [0.5, 0.6) is 0 Å². The number of Topliss-reactive ketones (excluding diaryl/α,β-unsaturated/α-hetero) is 1. The van der Waals surface area contributed by atoms with E-state index in [4.69, 9.17) is 4.74 Å². The normalized spacial score (nSPS) is 18.0. The van der Waals surface area contributed by atoms with E-state index >= 15 is 0 Å². The van der Waals surface area contributed by atoms with E-state index < -0.39 is 23.4 Å². The van der Waals surface area contributed by atoms with Crippen molar-refractivity contribution >= 4 is 45.0 Å². The van der Waals surface area contributed by atoms with Gasteiger partial charge in [0.25, 0.3) is 5.91 Å². The number of hydrogen-bond acceptors (Lipinski definition) is 5. The van der Waals surface area contributed by atoms with E-state index in [1.54, 1.807) is 57.2 Å². The Balaban J connectivity index is 1.83. The van der Waals surface area contributed by atoms with Crippen molar-refractivity contribution in [2.45, 2.75) is 39.7 Å². The number of rotatable bonds is 9. The number of hydrogen-bond donors (Lipinski definition) is 0.